The smallest absolute Gasteiger partial charge is 0.227 e. The number of nitrogens with two attached hydrogens (primary N) is 2. The molecule has 0 spiro atoms. The van der Waals surface area contributed by atoms with Crippen LogP contribution in [0.5, 0.6) is 0 Å². The molecule has 168 valence electrons. The number of hydrazine groups is 1. The summed E-state index contributed by atoms with van der Waals surface area (Å²) >= 11 is 0. The van der Waals surface area contributed by atoms with E-state index in [9.17, 15) is 9.18 Å². The first-order chi connectivity index (χ1) is 15.5. The fourth-order valence-electron chi connectivity index (χ4n) is 3.77. The number of hydrogen-bond acceptors (Lipinski definition) is 6. The number of carbonyl (C=O) groups is 1. The second kappa shape index (κ2) is 11.2. The number of benzene rings is 1. The molecule has 1 aromatic carbocycles. The molecule has 1 amide bonds. The van der Waals surface area contributed by atoms with Crippen LogP contribution in [0.25, 0.3) is 0 Å². The Morgan fingerprint density at radius 1 is 1.25 bits per heavy atom. The Hall–Kier alpha value is -3.48. The maximum Gasteiger partial charge on any atom is 0.227 e. The van der Waals surface area contributed by atoms with E-state index in [0.717, 1.165) is 24.4 Å². The first kappa shape index (κ1) is 23.2. The van der Waals surface area contributed by atoms with Crippen LogP contribution in [0.3, 0.4) is 0 Å². The lowest BCUT2D eigenvalue weighted by Gasteiger charge is -2.35. The van der Waals surface area contributed by atoms with Crippen LogP contribution >= 0.6 is 0 Å². The molecule has 3 rings (SSSR count). The lowest BCUT2D eigenvalue weighted by atomic mass is 10.1. The van der Waals surface area contributed by atoms with Crippen LogP contribution < -0.4 is 11.7 Å². The fraction of sp³-hybridized carbons (Fsp3) is 0.348. The molecule has 0 unspecified atom stereocenters. The van der Waals surface area contributed by atoms with E-state index >= 15 is 0 Å². The molecule has 1 heterocycles. The summed E-state index contributed by atoms with van der Waals surface area (Å²) in [5.74, 6) is 10.6. The molecule has 0 saturated carbocycles. The van der Waals surface area contributed by atoms with Gasteiger partial charge in [-0.1, -0.05) is 30.4 Å². The molecule has 1 saturated heterocycles. The number of amides is 1. The van der Waals surface area contributed by atoms with Gasteiger partial charge in [-0.2, -0.15) is 10.4 Å². The number of rotatable bonds is 7. The molecular weight excluding hydrogens is 409 g/mol. The SMILES string of the molecule is N#Cc1cccc(CCN2CCN(C(=O)CC3=CCC=C(N(N)/C=N\N)C=C3)CC2)c1F. The van der Waals surface area contributed by atoms with Crippen molar-refractivity contribution >= 4 is 12.2 Å². The molecule has 1 fully saturated rings. The summed E-state index contributed by atoms with van der Waals surface area (Å²) < 4.78 is 14.2. The van der Waals surface area contributed by atoms with Gasteiger partial charge in [0.2, 0.25) is 5.91 Å². The summed E-state index contributed by atoms with van der Waals surface area (Å²) in [4.78, 5) is 16.9. The van der Waals surface area contributed by atoms with Crippen molar-refractivity contribution in [3.05, 3.63) is 70.7 Å². The molecule has 4 N–H and O–H groups in total. The highest BCUT2D eigenvalue weighted by Gasteiger charge is 2.22. The number of hydrazone groups is 1. The van der Waals surface area contributed by atoms with E-state index in [1.165, 1.54) is 17.4 Å². The zero-order valence-corrected chi connectivity index (χ0v) is 18.0. The molecule has 1 aliphatic heterocycles. The predicted octanol–water partition coefficient (Wildman–Crippen LogP) is 1.62. The van der Waals surface area contributed by atoms with Gasteiger partial charge in [-0.15, -0.1) is 0 Å². The second-order valence-corrected chi connectivity index (χ2v) is 7.69. The van der Waals surface area contributed by atoms with Crippen molar-refractivity contribution in [3.63, 3.8) is 0 Å². The topological polar surface area (TPSA) is 115 Å². The van der Waals surface area contributed by atoms with Gasteiger partial charge < -0.3 is 10.7 Å². The highest BCUT2D eigenvalue weighted by Crippen LogP contribution is 2.17. The third kappa shape index (κ3) is 6.03. The zero-order chi connectivity index (χ0) is 22.9. The molecule has 1 aliphatic carbocycles. The maximum absolute atomic E-state index is 14.2. The molecule has 9 heteroatoms. The van der Waals surface area contributed by atoms with Crippen molar-refractivity contribution < 1.29 is 9.18 Å². The number of piperazine rings is 1. The predicted molar refractivity (Wildman–Crippen MR) is 121 cm³/mol. The number of halogens is 1. The Kier molecular flexibility index (Phi) is 8.14. The van der Waals surface area contributed by atoms with E-state index in [2.05, 4.69) is 10.0 Å². The Morgan fingerprint density at radius 3 is 2.75 bits per heavy atom. The van der Waals surface area contributed by atoms with Gasteiger partial charge in [0.25, 0.3) is 0 Å². The van der Waals surface area contributed by atoms with Crippen LogP contribution in [-0.4, -0.2) is 59.8 Å². The highest BCUT2D eigenvalue weighted by atomic mass is 19.1. The molecule has 0 radical (unpaired) electrons. The van der Waals surface area contributed by atoms with Crippen molar-refractivity contribution in [2.45, 2.75) is 19.3 Å². The lowest BCUT2D eigenvalue weighted by Crippen LogP contribution is -2.49. The lowest BCUT2D eigenvalue weighted by molar-refractivity contribution is -0.132. The second-order valence-electron chi connectivity index (χ2n) is 7.69. The van der Waals surface area contributed by atoms with Gasteiger partial charge in [0.05, 0.1) is 17.7 Å². The van der Waals surface area contributed by atoms with E-state index in [4.69, 9.17) is 16.9 Å². The monoisotopic (exact) mass is 437 g/mol. The Balaban J connectivity index is 1.45. The standard InChI is InChI=1S/C23H28FN7O/c24-23-19(4-2-5-20(23)16-25)9-10-29-11-13-30(14-12-29)22(32)15-18-3-1-6-21(8-7-18)31(27)17-28-26/h2-8,17H,1,9-15,26-27H2/b28-17-. The van der Waals surface area contributed by atoms with E-state index in [0.29, 0.717) is 44.5 Å². The van der Waals surface area contributed by atoms with E-state index < -0.39 is 5.82 Å². The molecule has 0 bridgehead atoms. The Morgan fingerprint density at radius 2 is 2.03 bits per heavy atom. The van der Waals surface area contributed by atoms with Gasteiger partial charge in [-0.25, -0.2) is 10.2 Å². The van der Waals surface area contributed by atoms with Crippen LogP contribution in [-0.2, 0) is 11.2 Å². The quantitative estimate of drug-likeness (QED) is 0.290. The molecular formula is C23H28FN7O. The average molecular weight is 438 g/mol. The van der Waals surface area contributed by atoms with Crippen LogP contribution in [0.2, 0.25) is 0 Å². The van der Waals surface area contributed by atoms with Crippen molar-refractivity contribution in [1.29, 1.82) is 5.26 Å². The normalized spacial score (nSPS) is 17.0. The molecule has 1 aromatic rings. The molecule has 0 aromatic heterocycles. The summed E-state index contributed by atoms with van der Waals surface area (Å²) in [6, 6.07) is 6.79. The van der Waals surface area contributed by atoms with Gasteiger partial charge in [0, 0.05) is 32.7 Å². The first-order valence-corrected chi connectivity index (χ1v) is 10.5. The number of nitriles is 1. The number of nitrogens with zero attached hydrogens (tertiary/aromatic N) is 5. The number of carbonyl (C=O) groups excluding carboxylic acids is 1. The van der Waals surface area contributed by atoms with Gasteiger partial charge in [0.15, 0.2) is 0 Å². The van der Waals surface area contributed by atoms with Crippen LogP contribution in [0, 0.1) is 17.1 Å². The molecule has 8 nitrogen and oxygen atoms in total. The largest absolute Gasteiger partial charge is 0.340 e. The van der Waals surface area contributed by atoms with Crippen LogP contribution in [0.4, 0.5) is 4.39 Å². The minimum atomic E-state index is -0.431. The minimum absolute atomic E-state index is 0.0776. The molecule has 32 heavy (non-hydrogen) atoms. The number of hydrogen-bond donors (Lipinski definition) is 2. The summed E-state index contributed by atoms with van der Waals surface area (Å²) in [7, 11) is 0. The first-order valence-electron chi connectivity index (χ1n) is 10.5. The summed E-state index contributed by atoms with van der Waals surface area (Å²) in [6.45, 7) is 3.46. The molecule has 0 atom stereocenters. The van der Waals surface area contributed by atoms with Crippen molar-refractivity contribution in [3.8, 4) is 6.07 Å². The van der Waals surface area contributed by atoms with Crippen molar-refractivity contribution in [2.75, 3.05) is 32.7 Å². The Labute approximate surface area is 187 Å². The average Bonchev–Trinajstić information content (AvgIpc) is 3.04. The van der Waals surface area contributed by atoms with E-state index in [-0.39, 0.29) is 11.5 Å². The van der Waals surface area contributed by atoms with E-state index in [1.54, 1.807) is 12.1 Å². The summed E-state index contributed by atoms with van der Waals surface area (Å²) in [5, 5.41) is 13.7. The molecule has 2 aliphatic rings. The van der Waals surface area contributed by atoms with Gasteiger partial charge in [0.1, 0.15) is 18.2 Å². The van der Waals surface area contributed by atoms with Gasteiger partial charge >= 0.3 is 0 Å². The minimum Gasteiger partial charge on any atom is -0.340 e. The summed E-state index contributed by atoms with van der Waals surface area (Å²) in [5.41, 5.74) is 2.32. The number of allylic oxidation sites excluding steroid dienone is 4. The summed E-state index contributed by atoms with van der Waals surface area (Å²) in [6.07, 6.45) is 10.5. The third-order valence-corrected chi connectivity index (χ3v) is 5.64. The van der Waals surface area contributed by atoms with E-state index in [1.807, 2.05) is 35.3 Å². The van der Waals surface area contributed by atoms with Crippen molar-refractivity contribution in [1.82, 2.24) is 14.8 Å². The fourth-order valence-corrected chi connectivity index (χ4v) is 3.77. The zero-order valence-electron chi connectivity index (χ0n) is 18.0. The van der Waals surface area contributed by atoms with Crippen LogP contribution in [0.15, 0.2) is 58.9 Å². The third-order valence-electron chi connectivity index (χ3n) is 5.64. The van der Waals surface area contributed by atoms with Gasteiger partial charge in [-0.05, 0) is 36.1 Å². The highest BCUT2D eigenvalue weighted by molar-refractivity contribution is 5.79. The Bertz CT molecular complexity index is 985. The van der Waals surface area contributed by atoms with Gasteiger partial charge in [-0.3, -0.25) is 14.7 Å². The van der Waals surface area contributed by atoms with Crippen molar-refractivity contribution in [2.24, 2.45) is 16.8 Å². The maximum atomic E-state index is 14.2. The van der Waals surface area contributed by atoms with Crippen LogP contribution in [0.1, 0.15) is 24.0 Å².